The Kier molecular flexibility index (Phi) is 5.74. The summed E-state index contributed by atoms with van der Waals surface area (Å²) in [4.78, 5) is 30.9. The summed E-state index contributed by atoms with van der Waals surface area (Å²) in [5.41, 5.74) is 2.39. The standard InChI is InChI=1S/C21H18Cl2N4O3/c1-2-17-24-20(25-27(17)19-14(22)7-5-8-15(19)23)21(29)30-12-18(28)26-11-10-13-6-3-4-9-16(13)26/h3-9H,2,10-12H2,1H3. The van der Waals surface area contributed by atoms with Crippen molar-refractivity contribution in [1.82, 2.24) is 14.8 Å². The summed E-state index contributed by atoms with van der Waals surface area (Å²) in [6.45, 7) is 2.04. The molecule has 0 fully saturated rings. The van der Waals surface area contributed by atoms with Crippen LogP contribution in [-0.4, -0.2) is 39.8 Å². The molecule has 1 amide bonds. The van der Waals surface area contributed by atoms with Crippen molar-refractivity contribution >= 4 is 40.8 Å². The van der Waals surface area contributed by atoms with Gasteiger partial charge in [0.2, 0.25) is 0 Å². The Balaban J connectivity index is 1.50. The predicted molar refractivity (Wildman–Crippen MR) is 114 cm³/mol. The first-order valence-corrected chi connectivity index (χ1v) is 10.2. The first-order valence-electron chi connectivity index (χ1n) is 9.45. The van der Waals surface area contributed by atoms with Crippen molar-refractivity contribution in [3.05, 3.63) is 69.7 Å². The van der Waals surface area contributed by atoms with Gasteiger partial charge in [-0.2, -0.15) is 0 Å². The molecule has 1 aliphatic rings. The quantitative estimate of drug-likeness (QED) is 0.557. The number of carbonyl (C=O) groups excluding carboxylic acids is 2. The third-order valence-electron chi connectivity index (χ3n) is 4.84. The van der Waals surface area contributed by atoms with Crippen LogP contribution in [0.2, 0.25) is 10.0 Å². The molecule has 154 valence electrons. The average molecular weight is 445 g/mol. The number of esters is 1. The maximum atomic E-state index is 12.6. The zero-order valence-corrected chi connectivity index (χ0v) is 17.7. The first-order chi connectivity index (χ1) is 14.5. The van der Waals surface area contributed by atoms with Gasteiger partial charge in [0.05, 0.1) is 10.0 Å². The molecular formula is C21H18Cl2N4O3. The Labute approximate surface area is 183 Å². The van der Waals surface area contributed by atoms with Crippen LogP contribution in [0.1, 0.15) is 28.9 Å². The van der Waals surface area contributed by atoms with Gasteiger partial charge in [-0.1, -0.05) is 54.4 Å². The summed E-state index contributed by atoms with van der Waals surface area (Å²) in [7, 11) is 0. The van der Waals surface area contributed by atoms with E-state index in [0.29, 0.717) is 34.5 Å². The lowest BCUT2D eigenvalue weighted by molar-refractivity contribution is -0.121. The van der Waals surface area contributed by atoms with E-state index in [1.165, 1.54) is 4.68 Å². The molecule has 2 aromatic carbocycles. The molecule has 0 saturated heterocycles. The summed E-state index contributed by atoms with van der Waals surface area (Å²) >= 11 is 12.5. The van der Waals surface area contributed by atoms with Crippen LogP contribution in [0, 0.1) is 0 Å². The fourth-order valence-corrected chi connectivity index (χ4v) is 3.95. The molecule has 4 rings (SSSR count). The molecule has 1 aromatic heterocycles. The highest BCUT2D eigenvalue weighted by molar-refractivity contribution is 6.37. The van der Waals surface area contributed by atoms with E-state index in [1.54, 1.807) is 23.1 Å². The molecule has 0 radical (unpaired) electrons. The van der Waals surface area contributed by atoms with Gasteiger partial charge in [-0.15, -0.1) is 5.10 Å². The van der Waals surface area contributed by atoms with Crippen molar-refractivity contribution in [2.24, 2.45) is 0 Å². The molecule has 1 aliphatic heterocycles. The second-order valence-electron chi connectivity index (χ2n) is 6.69. The lowest BCUT2D eigenvalue weighted by Gasteiger charge is -2.16. The fraction of sp³-hybridized carbons (Fsp3) is 0.238. The van der Waals surface area contributed by atoms with Crippen LogP contribution in [0.3, 0.4) is 0 Å². The lowest BCUT2D eigenvalue weighted by atomic mass is 10.2. The number of aryl methyl sites for hydroxylation is 1. The van der Waals surface area contributed by atoms with Gasteiger partial charge >= 0.3 is 5.97 Å². The van der Waals surface area contributed by atoms with E-state index in [0.717, 1.165) is 17.7 Å². The lowest BCUT2D eigenvalue weighted by Crippen LogP contribution is -2.33. The number of para-hydroxylation sites is 2. The number of hydrogen-bond donors (Lipinski definition) is 0. The molecule has 0 unspecified atom stereocenters. The Morgan fingerprint density at radius 3 is 2.57 bits per heavy atom. The molecule has 3 aromatic rings. The van der Waals surface area contributed by atoms with E-state index >= 15 is 0 Å². The maximum absolute atomic E-state index is 12.6. The number of hydrogen-bond acceptors (Lipinski definition) is 5. The van der Waals surface area contributed by atoms with Crippen molar-refractivity contribution in [3.63, 3.8) is 0 Å². The normalized spacial score (nSPS) is 12.7. The highest BCUT2D eigenvalue weighted by Gasteiger charge is 2.26. The van der Waals surface area contributed by atoms with Crippen LogP contribution >= 0.6 is 23.2 Å². The topological polar surface area (TPSA) is 77.3 Å². The highest BCUT2D eigenvalue weighted by Crippen LogP contribution is 2.29. The van der Waals surface area contributed by atoms with Gasteiger partial charge in [0.25, 0.3) is 11.7 Å². The summed E-state index contributed by atoms with van der Waals surface area (Å²) in [5.74, 6) is -0.737. The molecule has 0 N–H and O–H groups in total. The minimum atomic E-state index is -0.785. The van der Waals surface area contributed by atoms with Gasteiger partial charge in [0, 0.05) is 18.7 Å². The van der Waals surface area contributed by atoms with E-state index in [1.807, 2.05) is 31.2 Å². The molecule has 0 saturated carbocycles. The number of carbonyl (C=O) groups is 2. The van der Waals surface area contributed by atoms with E-state index in [9.17, 15) is 9.59 Å². The van der Waals surface area contributed by atoms with Gasteiger partial charge in [0.1, 0.15) is 11.5 Å². The van der Waals surface area contributed by atoms with Crippen LogP contribution in [0.5, 0.6) is 0 Å². The van der Waals surface area contributed by atoms with E-state index in [2.05, 4.69) is 10.1 Å². The Bertz CT molecular complexity index is 1110. The van der Waals surface area contributed by atoms with Crippen LogP contribution in [0.4, 0.5) is 5.69 Å². The van der Waals surface area contributed by atoms with Crippen LogP contribution in [0.25, 0.3) is 5.69 Å². The molecule has 0 aliphatic carbocycles. The van der Waals surface area contributed by atoms with Crippen molar-refractivity contribution in [1.29, 1.82) is 0 Å². The third-order valence-corrected chi connectivity index (χ3v) is 5.45. The first kappa shape index (κ1) is 20.4. The van der Waals surface area contributed by atoms with Gasteiger partial charge in [-0.3, -0.25) is 4.79 Å². The van der Waals surface area contributed by atoms with Gasteiger partial charge in [0.15, 0.2) is 6.61 Å². The number of amides is 1. The number of nitrogens with zero attached hydrogens (tertiary/aromatic N) is 4. The maximum Gasteiger partial charge on any atom is 0.378 e. The van der Waals surface area contributed by atoms with Gasteiger partial charge in [-0.25, -0.2) is 14.5 Å². The Morgan fingerprint density at radius 2 is 1.83 bits per heavy atom. The monoisotopic (exact) mass is 444 g/mol. The third kappa shape index (κ3) is 3.78. The molecular weight excluding hydrogens is 427 g/mol. The van der Waals surface area contributed by atoms with Crippen LogP contribution in [-0.2, 0) is 22.4 Å². The minimum absolute atomic E-state index is 0.155. The van der Waals surface area contributed by atoms with Gasteiger partial charge in [-0.05, 0) is 30.2 Å². The number of rotatable bonds is 5. The number of ether oxygens (including phenoxy) is 1. The van der Waals surface area contributed by atoms with E-state index < -0.39 is 12.6 Å². The molecule has 2 heterocycles. The summed E-state index contributed by atoms with van der Waals surface area (Å²) in [6.07, 6.45) is 1.27. The second kappa shape index (κ2) is 8.45. The molecule has 0 atom stereocenters. The fourth-order valence-electron chi connectivity index (χ4n) is 3.40. The van der Waals surface area contributed by atoms with E-state index in [4.69, 9.17) is 27.9 Å². The average Bonchev–Trinajstić information content (AvgIpc) is 3.36. The van der Waals surface area contributed by atoms with Crippen molar-refractivity contribution < 1.29 is 14.3 Å². The number of aromatic nitrogens is 3. The zero-order valence-electron chi connectivity index (χ0n) is 16.1. The number of benzene rings is 2. The number of halogens is 2. The van der Waals surface area contributed by atoms with Crippen LogP contribution in [0.15, 0.2) is 42.5 Å². The zero-order chi connectivity index (χ0) is 21.3. The molecule has 9 heteroatoms. The molecule has 30 heavy (non-hydrogen) atoms. The molecule has 7 nitrogen and oxygen atoms in total. The van der Waals surface area contributed by atoms with Crippen LogP contribution < -0.4 is 4.90 Å². The predicted octanol–water partition coefficient (Wildman–Crippen LogP) is 3.88. The highest BCUT2D eigenvalue weighted by atomic mass is 35.5. The number of fused-ring (bicyclic) bond motifs is 1. The molecule has 0 bridgehead atoms. The Hall–Kier alpha value is -2.90. The summed E-state index contributed by atoms with van der Waals surface area (Å²) in [5, 5.41) is 4.98. The van der Waals surface area contributed by atoms with Gasteiger partial charge < -0.3 is 9.64 Å². The van der Waals surface area contributed by atoms with Crippen molar-refractivity contribution in [2.45, 2.75) is 19.8 Å². The minimum Gasteiger partial charge on any atom is -0.450 e. The smallest absolute Gasteiger partial charge is 0.378 e. The van der Waals surface area contributed by atoms with E-state index in [-0.39, 0.29) is 11.7 Å². The van der Waals surface area contributed by atoms with Crippen molar-refractivity contribution in [2.75, 3.05) is 18.1 Å². The number of anilines is 1. The molecule has 0 spiro atoms. The summed E-state index contributed by atoms with van der Waals surface area (Å²) < 4.78 is 6.62. The van der Waals surface area contributed by atoms with Crippen molar-refractivity contribution in [3.8, 4) is 5.69 Å². The SMILES string of the molecule is CCc1nc(C(=O)OCC(=O)N2CCc3ccccc32)nn1-c1c(Cl)cccc1Cl. The second-order valence-corrected chi connectivity index (χ2v) is 7.50. The Morgan fingerprint density at radius 1 is 1.10 bits per heavy atom. The summed E-state index contributed by atoms with van der Waals surface area (Å²) in [6, 6.07) is 12.7. The largest absolute Gasteiger partial charge is 0.450 e.